The molecular formula is C13H14BrN3O. The molecular weight excluding hydrogens is 294 g/mol. The number of aromatic hydroxyl groups is 1. The average molecular weight is 308 g/mol. The molecule has 4 nitrogen and oxygen atoms in total. The predicted molar refractivity (Wildman–Crippen MR) is 75.7 cm³/mol. The molecule has 0 aliphatic rings. The maximum Gasteiger partial charge on any atom is 0.161 e. The molecule has 5 heteroatoms. The lowest BCUT2D eigenvalue weighted by Gasteiger charge is -2.10. The zero-order valence-corrected chi connectivity index (χ0v) is 11.8. The summed E-state index contributed by atoms with van der Waals surface area (Å²) in [5, 5.41) is 12.5. The Bertz CT molecular complexity index is 555. The Kier molecular flexibility index (Phi) is 3.81. The standard InChI is InChI=1S/C13H14BrN3O/c1-3-15-13-11(14)8(2)16-12(17-13)9-4-6-10(18)7-5-9/h4-7,18H,3H2,1-2H3,(H,15,16,17). The van der Waals surface area contributed by atoms with E-state index in [1.807, 2.05) is 13.8 Å². The van der Waals surface area contributed by atoms with E-state index >= 15 is 0 Å². The third-order valence-corrected chi connectivity index (χ3v) is 3.44. The van der Waals surface area contributed by atoms with E-state index in [1.165, 1.54) is 0 Å². The Morgan fingerprint density at radius 2 is 1.89 bits per heavy atom. The van der Waals surface area contributed by atoms with Crippen LogP contribution in [0.4, 0.5) is 5.82 Å². The van der Waals surface area contributed by atoms with Crippen molar-refractivity contribution in [3.05, 3.63) is 34.4 Å². The van der Waals surface area contributed by atoms with Crippen molar-refractivity contribution < 1.29 is 5.11 Å². The second-order valence-electron chi connectivity index (χ2n) is 3.87. The van der Waals surface area contributed by atoms with Crippen LogP contribution >= 0.6 is 15.9 Å². The molecule has 2 N–H and O–H groups in total. The summed E-state index contributed by atoms with van der Waals surface area (Å²) in [6.45, 7) is 4.74. The van der Waals surface area contributed by atoms with Crippen molar-refractivity contribution in [1.29, 1.82) is 0 Å². The Hall–Kier alpha value is -1.62. The Labute approximate surface area is 114 Å². The van der Waals surface area contributed by atoms with Crippen LogP contribution < -0.4 is 5.32 Å². The minimum Gasteiger partial charge on any atom is -0.508 e. The molecule has 0 spiro atoms. The lowest BCUT2D eigenvalue weighted by Crippen LogP contribution is -2.04. The van der Waals surface area contributed by atoms with Gasteiger partial charge in [-0.05, 0) is 54.0 Å². The molecule has 2 rings (SSSR count). The summed E-state index contributed by atoms with van der Waals surface area (Å²) < 4.78 is 0.881. The van der Waals surface area contributed by atoms with Crippen molar-refractivity contribution in [3.63, 3.8) is 0 Å². The lowest BCUT2D eigenvalue weighted by atomic mass is 10.2. The van der Waals surface area contributed by atoms with Crippen LogP contribution in [0.3, 0.4) is 0 Å². The number of halogens is 1. The summed E-state index contributed by atoms with van der Waals surface area (Å²) >= 11 is 3.47. The lowest BCUT2D eigenvalue weighted by molar-refractivity contribution is 0.475. The minimum absolute atomic E-state index is 0.236. The highest BCUT2D eigenvalue weighted by Gasteiger charge is 2.10. The van der Waals surface area contributed by atoms with Crippen LogP contribution in [0, 0.1) is 6.92 Å². The molecule has 0 amide bonds. The fraction of sp³-hybridized carbons (Fsp3) is 0.231. The molecule has 0 saturated heterocycles. The van der Waals surface area contributed by atoms with Crippen molar-refractivity contribution >= 4 is 21.7 Å². The molecule has 0 atom stereocenters. The summed E-state index contributed by atoms with van der Waals surface area (Å²) in [5.74, 6) is 1.67. The molecule has 18 heavy (non-hydrogen) atoms. The first-order valence-corrected chi connectivity index (χ1v) is 6.48. The number of aryl methyl sites for hydroxylation is 1. The zero-order valence-electron chi connectivity index (χ0n) is 10.2. The Balaban J connectivity index is 2.48. The molecule has 0 saturated carbocycles. The Morgan fingerprint density at radius 1 is 1.22 bits per heavy atom. The number of phenolic OH excluding ortho intramolecular Hbond substituents is 1. The Morgan fingerprint density at radius 3 is 2.50 bits per heavy atom. The van der Waals surface area contributed by atoms with Gasteiger partial charge in [0.25, 0.3) is 0 Å². The third-order valence-electron chi connectivity index (χ3n) is 2.49. The van der Waals surface area contributed by atoms with E-state index in [2.05, 4.69) is 31.2 Å². The number of hydrogen-bond donors (Lipinski definition) is 2. The van der Waals surface area contributed by atoms with Gasteiger partial charge in [-0.15, -0.1) is 0 Å². The zero-order chi connectivity index (χ0) is 13.1. The van der Waals surface area contributed by atoms with Gasteiger partial charge in [0.05, 0.1) is 10.2 Å². The number of benzene rings is 1. The number of hydrogen-bond acceptors (Lipinski definition) is 4. The van der Waals surface area contributed by atoms with Gasteiger partial charge in [-0.3, -0.25) is 0 Å². The number of nitrogens with one attached hydrogen (secondary N) is 1. The van der Waals surface area contributed by atoms with Crippen molar-refractivity contribution in [1.82, 2.24) is 9.97 Å². The second-order valence-corrected chi connectivity index (χ2v) is 4.67. The second kappa shape index (κ2) is 5.35. The van der Waals surface area contributed by atoms with E-state index in [0.29, 0.717) is 5.82 Å². The van der Waals surface area contributed by atoms with E-state index in [4.69, 9.17) is 0 Å². The SMILES string of the molecule is CCNc1nc(-c2ccc(O)cc2)nc(C)c1Br. The molecule has 0 fully saturated rings. The molecule has 1 heterocycles. The maximum atomic E-state index is 9.28. The van der Waals surface area contributed by atoms with Crippen LogP contribution in [-0.2, 0) is 0 Å². The highest BCUT2D eigenvalue weighted by atomic mass is 79.9. The van der Waals surface area contributed by atoms with Crippen LogP contribution in [-0.4, -0.2) is 21.6 Å². The van der Waals surface area contributed by atoms with Gasteiger partial charge in [0, 0.05) is 12.1 Å². The van der Waals surface area contributed by atoms with Crippen molar-refractivity contribution in [3.8, 4) is 17.1 Å². The van der Waals surface area contributed by atoms with Crippen LogP contribution in [0.5, 0.6) is 5.75 Å². The summed E-state index contributed by atoms with van der Waals surface area (Å²) in [7, 11) is 0. The molecule has 2 aromatic rings. The van der Waals surface area contributed by atoms with Crippen molar-refractivity contribution in [2.24, 2.45) is 0 Å². The van der Waals surface area contributed by atoms with Crippen LogP contribution in [0.2, 0.25) is 0 Å². The number of anilines is 1. The van der Waals surface area contributed by atoms with Gasteiger partial charge in [-0.25, -0.2) is 9.97 Å². The van der Waals surface area contributed by atoms with Crippen LogP contribution in [0.15, 0.2) is 28.7 Å². The van der Waals surface area contributed by atoms with Gasteiger partial charge in [0.15, 0.2) is 5.82 Å². The van der Waals surface area contributed by atoms with Gasteiger partial charge in [0.1, 0.15) is 11.6 Å². The van der Waals surface area contributed by atoms with Crippen LogP contribution in [0.25, 0.3) is 11.4 Å². The van der Waals surface area contributed by atoms with E-state index in [0.717, 1.165) is 28.1 Å². The fourth-order valence-electron chi connectivity index (χ4n) is 1.58. The molecule has 1 aromatic heterocycles. The summed E-state index contributed by atoms with van der Waals surface area (Å²) in [4.78, 5) is 8.91. The van der Waals surface area contributed by atoms with E-state index < -0.39 is 0 Å². The number of aromatic nitrogens is 2. The molecule has 94 valence electrons. The van der Waals surface area contributed by atoms with Crippen LogP contribution in [0.1, 0.15) is 12.6 Å². The molecule has 0 aliphatic heterocycles. The first-order valence-electron chi connectivity index (χ1n) is 5.69. The molecule has 0 bridgehead atoms. The van der Waals surface area contributed by atoms with Crippen molar-refractivity contribution in [2.75, 3.05) is 11.9 Å². The van der Waals surface area contributed by atoms with E-state index in [-0.39, 0.29) is 5.75 Å². The van der Waals surface area contributed by atoms with E-state index in [9.17, 15) is 5.11 Å². The molecule has 0 unspecified atom stereocenters. The minimum atomic E-state index is 0.236. The third kappa shape index (κ3) is 2.61. The quantitative estimate of drug-likeness (QED) is 0.913. The average Bonchev–Trinajstić information content (AvgIpc) is 2.36. The predicted octanol–water partition coefficient (Wildman–Crippen LogP) is 3.35. The monoisotopic (exact) mass is 307 g/mol. The summed E-state index contributed by atoms with van der Waals surface area (Å²) in [5.41, 5.74) is 1.76. The van der Waals surface area contributed by atoms with Gasteiger partial charge >= 0.3 is 0 Å². The topological polar surface area (TPSA) is 58.0 Å². The molecule has 0 radical (unpaired) electrons. The highest BCUT2D eigenvalue weighted by molar-refractivity contribution is 9.10. The molecule has 0 aliphatic carbocycles. The normalized spacial score (nSPS) is 10.4. The summed E-state index contributed by atoms with van der Waals surface area (Å²) in [6, 6.07) is 6.85. The highest BCUT2D eigenvalue weighted by Crippen LogP contribution is 2.27. The van der Waals surface area contributed by atoms with Gasteiger partial charge in [-0.2, -0.15) is 0 Å². The number of phenols is 1. The van der Waals surface area contributed by atoms with Gasteiger partial charge < -0.3 is 10.4 Å². The van der Waals surface area contributed by atoms with E-state index in [1.54, 1.807) is 24.3 Å². The maximum absolute atomic E-state index is 9.28. The number of nitrogens with zero attached hydrogens (tertiary/aromatic N) is 2. The first-order chi connectivity index (χ1) is 8.61. The first kappa shape index (κ1) is 12.8. The van der Waals surface area contributed by atoms with Crippen molar-refractivity contribution in [2.45, 2.75) is 13.8 Å². The smallest absolute Gasteiger partial charge is 0.161 e. The molecule has 1 aromatic carbocycles. The van der Waals surface area contributed by atoms with Gasteiger partial charge in [-0.1, -0.05) is 0 Å². The largest absolute Gasteiger partial charge is 0.508 e. The van der Waals surface area contributed by atoms with Gasteiger partial charge in [0.2, 0.25) is 0 Å². The summed E-state index contributed by atoms with van der Waals surface area (Å²) in [6.07, 6.45) is 0. The fourth-order valence-corrected chi connectivity index (χ4v) is 1.90. The number of rotatable bonds is 3.